The normalized spacial score (nSPS) is 13.0. The summed E-state index contributed by atoms with van der Waals surface area (Å²) in [5.74, 6) is -1.05. The monoisotopic (exact) mass is 328 g/mol. The number of carbonyl (C=O) groups is 1. The zero-order valence-electron chi connectivity index (χ0n) is 11.1. The predicted octanol–water partition coefficient (Wildman–Crippen LogP) is 1.78. The van der Waals surface area contributed by atoms with Crippen LogP contribution in [0.2, 0.25) is 5.02 Å². The maximum Gasteiger partial charge on any atom is 0.235 e. The molecule has 0 radical (unpaired) electrons. The first-order chi connectivity index (χ1) is 9.79. The van der Waals surface area contributed by atoms with Gasteiger partial charge in [0, 0.05) is 10.6 Å². The molecule has 0 bridgehead atoms. The molecule has 6 nitrogen and oxygen atoms in total. The van der Waals surface area contributed by atoms with E-state index in [4.69, 9.17) is 21.8 Å². The minimum absolute atomic E-state index is 0.207. The van der Waals surface area contributed by atoms with Crippen molar-refractivity contribution in [1.82, 2.24) is 4.98 Å². The smallest absolute Gasteiger partial charge is 0.235 e. The summed E-state index contributed by atoms with van der Waals surface area (Å²) in [4.78, 5) is 15.1. The van der Waals surface area contributed by atoms with Gasteiger partial charge in [-0.2, -0.15) is 0 Å². The number of halogens is 1. The van der Waals surface area contributed by atoms with Gasteiger partial charge >= 0.3 is 0 Å². The lowest BCUT2D eigenvalue weighted by Crippen LogP contribution is -2.34. The molecule has 1 heterocycles. The quantitative estimate of drug-likeness (QED) is 0.901. The minimum atomic E-state index is -3.71. The highest BCUT2D eigenvalue weighted by molar-refractivity contribution is 7.92. The number of amides is 1. The van der Waals surface area contributed by atoms with E-state index in [1.54, 1.807) is 24.3 Å². The van der Waals surface area contributed by atoms with Crippen LogP contribution in [0.5, 0.6) is 0 Å². The van der Waals surface area contributed by atoms with Gasteiger partial charge < -0.3 is 10.2 Å². The molecule has 0 saturated carbocycles. The summed E-state index contributed by atoms with van der Waals surface area (Å²) >= 11 is 5.87. The third-order valence-corrected chi connectivity index (χ3v) is 5.15. The Morgan fingerprint density at radius 3 is 2.81 bits per heavy atom. The van der Waals surface area contributed by atoms with E-state index in [2.05, 4.69) is 4.98 Å². The molecule has 0 aliphatic heterocycles. The zero-order chi connectivity index (χ0) is 15.6. The molecular weight excluding hydrogens is 316 g/mol. The number of rotatable bonds is 5. The first-order valence-electron chi connectivity index (χ1n) is 6.01. The summed E-state index contributed by atoms with van der Waals surface area (Å²) in [5, 5.41) is -0.758. The number of carbonyl (C=O) groups excluding carboxylic acids is 1. The number of hydrogen-bond donors (Lipinski definition) is 1. The molecule has 2 N–H and O–H groups in total. The second-order valence-corrected chi connectivity index (χ2v) is 7.26. The third kappa shape index (κ3) is 3.62. The summed E-state index contributed by atoms with van der Waals surface area (Å²) in [6.07, 6.45) is 1.24. The van der Waals surface area contributed by atoms with E-state index in [0.717, 1.165) is 0 Å². The fourth-order valence-electron chi connectivity index (χ4n) is 1.64. The van der Waals surface area contributed by atoms with Crippen molar-refractivity contribution in [3.05, 3.63) is 41.2 Å². The van der Waals surface area contributed by atoms with Crippen molar-refractivity contribution >= 4 is 27.3 Å². The average molecular weight is 329 g/mol. The molecular formula is C13H13ClN2O4S. The first-order valence-corrected chi connectivity index (χ1v) is 8.10. The van der Waals surface area contributed by atoms with Crippen LogP contribution in [0.15, 0.2) is 34.9 Å². The first kappa shape index (κ1) is 15.5. The van der Waals surface area contributed by atoms with Crippen LogP contribution in [-0.4, -0.2) is 24.6 Å². The highest BCUT2D eigenvalue weighted by Crippen LogP contribution is 2.23. The molecule has 21 heavy (non-hydrogen) atoms. The van der Waals surface area contributed by atoms with Crippen molar-refractivity contribution in [2.75, 3.05) is 0 Å². The van der Waals surface area contributed by atoms with Crippen molar-refractivity contribution in [3.63, 3.8) is 0 Å². The SMILES string of the molecule is C[C@@H](C(N)=O)S(=O)(=O)Cc1coc(-c2cccc(Cl)c2)n1. The van der Waals surface area contributed by atoms with Gasteiger partial charge in [-0.25, -0.2) is 13.4 Å². The average Bonchev–Trinajstić information content (AvgIpc) is 2.85. The van der Waals surface area contributed by atoms with E-state index in [0.29, 0.717) is 10.6 Å². The summed E-state index contributed by atoms with van der Waals surface area (Å²) in [7, 11) is -3.71. The number of primary amides is 1. The van der Waals surface area contributed by atoms with Crippen molar-refractivity contribution in [2.24, 2.45) is 5.73 Å². The van der Waals surface area contributed by atoms with Crippen molar-refractivity contribution < 1.29 is 17.6 Å². The van der Waals surface area contributed by atoms with Gasteiger partial charge in [-0.15, -0.1) is 0 Å². The summed E-state index contributed by atoms with van der Waals surface area (Å²) < 4.78 is 29.1. The molecule has 0 unspecified atom stereocenters. The van der Waals surface area contributed by atoms with Crippen LogP contribution in [0.25, 0.3) is 11.5 Å². The molecule has 8 heteroatoms. The lowest BCUT2D eigenvalue weighted by atomic mass is 10.2. The van der Waals surface area contributed by atoms with Crippen molar-refractivity contribution in [3.8, 4) is 11.5 Å². The standard InChI is InChI=1S/C13H13ClN2O4S/c1-8(12(15)17)21(18,19)7-11-6-20-13(16-11)9-3-2-4-10(14)5-9/h2-6,8H,7H2,1H3,(H2,15,17)/t8-/m0/s1. The van der Waals surface area contributed by atoms with Crippen LogP contribution in [0, 0.1) is 0 Å². The van der Waals surface area contributed by atoms with E-state index in [1.807, 2.05) is 0 Å². The van der Waals surface area contributed by atoms with Crippen molar-refractivity contribution in [2.45, 2.75) is 17.9 Å². The molecule has 1 atom stereocenters. The molecule has 2 aromatic rings. The molecule has 2 rings (SSSR count). The van der Waals surface area contributed by atoms with Gasteiger partial charge in [0.15, 0.2) is 9.84 Å². The number of benzene rings is 1. The van der Waals surface area contributed by atoms with Crippen LogP contribution in [-0.2, 0) is 20.4 Å². The maximum absolute atomic E-state index is 11.9. The number of aromatic nitrogens is 1. The number of nitrogens with zero attached hydrogens (tertiary/aromatic N) is 1. The van der Waals surface area contributed by atoms with Gasteiger partial charge in [0.2, 0.25) is 11.8 Å². The summed E-state index contributed by atoms with van der Waals surface area (Å²) in [6.45, 7) is 1.25. The van der Waals surface area contributed by atoms with Gasteiger partial charge in [0.05, 0.1) is 11.4 Å². The van der Waals surface area contributed by atoms with Crippen LogP contribution >= 0.6 is 11.6 Å². The second-order valence-electron chi connectivity index (χ2n) is 4.51. The van der Waals surface area contributed by atoms with E-state index >= 15 is 0 Å². The third-order valence-electron chi connectivity index (χ3n) is 2.91. The van der Waals surface area contributed by atoms with Gasteiger partial charge in [0.1, 0.15) is 11.5 Å². The van der Waals surface area contributed by atoms with E-state index in [-0.39, 0.29) is 11.6 Å². The van der Waals surface area contributed by atoms with Gasteiger partial charge in [0.25, 0.3) is 0 Å². The molecule has 112 valence electrons. The Morgan fingerprint density at radius 1 is 1.48 bits per heavy atom. The number of hydrogen-bond acceptors (Lipinski definition) is 5. The number of nitrogens with two attached hydrogens (primary N) is 1. The maximum atomic E-state index is 11.9. The van der Waals surface area contributed by atoms with E-state index < -0.39 is 26.7 Å². The highest BCUT2D eigenvalue weighted by Gasteiger charge is 2.27. The topological polar surface area (TPSA) is 103 Å². The van der Waals surface area contributed by atoms with E-state index in [9.17, 15) is 13.2 Å². The lowest BCUT2D eigenvalue weighted by Gasteiger charge is -2.06. The predicted molar refractivity (Wildman–Crippen MR) is 78.2 cm³/mol. The number of sulfone groups is 1. The van der Waals surface area contributed by atoms with Crippen LogP contribution < -0.4 is 5.73 Å². The fourth-order valence-corrected chi connectivity index (χ4v) is 2.97. The Hall–Kier alpha value is -1.86. The largest absolute Gasteiger partial charge is 0.444 e. The Labute approximate surface area is 126 Å². The molecule has 0 fully saturated rings. The molecule has 1 aromatic heterocycles. The lowest BCUT2D eigenvalue weighted by molar-refractivity contribution is -0.117. The summed E-state index contributed by atoms with van der Waals surface area (Å²) in [5.41, 5.74) is 5.85. The van der Waals surface area contributed by atoms with Crippen molar-refractivity contribution in [1.29, 1.82) is 0 Å². The fraction of sp³-hybridized carbons (Fsp3) is 0.231. The van der Waals surface area contributed by atoms with Crippen LogP contribution in [0.1, 0.15) is 12.6 Å². The van der Waals surface area contributed by atoms with Gasteiger partial charge in [-0.3, -0.25) is 4.79 Å². The molecule has 1 amide bonds. The van der Waals surface area contributed by atoms with Crippen LogP contribution in [0.4, 0.5) is 0 Å². The molecule has 0 spiro atoms. The minimum Gasteiger partial charge on any atom is -0.444 e. The zero-order valence-corrected chi connectivity index (χ0v) is 12.7. The molecule has 1 aromatic carbocycles. The van der Waals surface area contributed by atoms with Crippen LogP contribution in [0.3, 0.4) is 0 Å². The Balaban J connectivity index is 2.23. The highest BCUT2D eigenvalue weighted by atomic mass is 35.5. The van der Waals surface area contributed by atoms with Gasteiger partial charge in [-0.05, 0) is 25.1 Å². The number of oxazole rings is 1. The molecule has 0 saturated heterocycles. The van der Waals surface area contributed by atoms with Gasteiger partial charge in [-0.1, -0.05) is 17.7 Å². The summed E-state index contributed by atoms with van der Waals surface area (Å²) in [6, 6.07) is 6.82. The van der Waals surface area contributed by atoms with E-state index in [1.165, 1.54) is 13.2 Å². The second kappa shape index (κ2) is 5.87. The molecule has 0 aliphatic carbocycles. The molecule has 0 aliphatic rings. The Kier molecular flexibility index (Phi) is 4.34. The Morgan fingerprint density at radius 2 is 2.19 bits per heavy atom. The Bertz CT molecular complexity index is 770.